The van der Waals surface area contributed by atoms with Crippen molar-refractivity contribution in [1.29, 1.82) is 0 Å². The summed E-state index contributed by atoms with van der Waals surface area (Å²) in [5.74, 6) is 2.52. The Bertz CT molecular complexity index is 4560. The zero-order valence-electron chi connectivity index (χ0n) is 69.7. The summed E-state index contributed by atoms with van der Waals surface area (Å²) in [6.45, 7) is 24.2. The van der Waals surface area contributed by atoms with Crippen molar-refractivity contribution in [2.75, 3.05) is 90.5 Å². The van der Waals surface area contributed by atoms with Gasteiger partial charge in [0.25, 0.3) is 0 Å². The molecule has 120 heavy (non-hydrogen) atoms. The normalized spacial score (nSPS) is 21.8. The van der Waals surface area contributed by atoms with Crippen molar-refractivity contribution in [3.63, 3.8) is 0 Å². The third-order valence-electron chi connectivity index (χ3n) is 20.1. The Labute approximate surface area is 764 Å². The van der Waals surface area contributed by atoms with E-state index >= 15 is 0 Å². The summed E-state index contributed by atoms with van der Waals surface area (Å²) in [7, 11) is 0. The summed E-state index contributed by atoms with van der Waals surface area (Å²) in [4.78, 5) is 55.1. The molecule has 2 unspecified atom stereocenters. The molecule has 6 saturated heterocycles. The van der Waals surface area contributed by atoms with Crippen molar-refractivity contribution < 1.29 is 120 Å². The average Bonchev–Trinajstić information content (AvgIpc) is 1.64. The number of aliphatic hydroxyl groups is 1. The van der Waals surface area contributed by atoms with Crippen molar-refractivity contribution in [2.45, 2.75) is 153 Å². The van der Waals surface area contributed by atoms with Gasteiger partial charge in [-0.3, -0.25) is 9.69 Å². The Balaban J connectivity index is 0.000000179. The molecule has 9 heterocycles. The van der Waals surface area contributed by atoms with Crippen molar-refractivity contribution in [2.24, 2.45) is 23.7 Å². The van der Waals surface area contributed by atoms with Crippen molar-refractivity contribution in [1.82, 2.24) is 24.5 Å². The predicted octanol–water partition coefficient (Wildman–Crippen LogP) is 17.0. The van der Waals surface area contributed by atoms with Gasteiger partial charge in [-0.2, -0.15) is 13.2 Å². The summed E-state index contributed by atoms with van der Waals surface area (Å²) >= 11 is 35.9. The number of ether oxygens (including phenoxy) is 9. The number of carbonyl (C=O) groups is 4. The number of aliphatic hydroxyl groups excluding tert-OH is 1. The van der Waals surface area contributed by atoms with Crippen LogP contribution in [0.25, 0.3) is 0 Å². The van der Waals surface area contributed by atoms with Crippen LogP contribution in [0, 0.1) is 35.3 Å². The van der Waals surface area contributed by atoms with E-state index in [1.807, 2.05) is 139 Å². The third-order valence-corrected chi connectivity index (χ3v) is 22.2. The second-order valence-corrected chi connectivity index (χ2v) is 36.6. The van der Waals surface area contributed by atoms with Crippen LogP contribution in [-0.4, -0.2) is 204 Å². The van der Waals surface area contributed by atoms with E-state index in [9.17, 15) is 46.2 Å². The Kier molecular flexibility index (Phi) is 35.8. The van der Waals surface area contributed by atoms with Crippen molar-refractivity contribution in [3.05, 3.63) is 216 Å². The maximum absolute atomic E-state index is 13.8. The molecule has 32 heteroatoms. The molecular formula is C88H102Br2Cl5F5N5NaO14. The SMILES string of the molecule is BrCCOc1ccccc1.CC(C)(C)OC(=O)N1CC2OC2C1.CC(C)(C)OC(=O)N1C[C@@H](Cc2cc(Cl)ccc2F)[C@H](O)C1.CC(C)(C)OC(=O)N1C[C@H]2Cc3cc(Cl)ccc3O[C@@H]2C1.Clc1ccc2c(c1)C[C@@H]1CN(CCOc3ccccc3)C[C@H]1O2.Fc1ccc(Cl)cc1CBr.O=C(N1C[C@H]2Cc3cc(Cl)ccc3O[C@@H]2C1)C(F)(F)F.[H-].[Na+]. The quantitative estimate of drug-likeness (QED) is 0.0447. The van der Waals surface area contributed by atoms with E-state index < -0.39 is 41.1 Å². The first-order valence-corrected chi connectivity index (χ1v) is 43.4. The molecule has 7 aromatic carbocycles. The fourth-order valence-corrected chi connectivity index (χ4v) is 16.1. The van der Waals surface area contributed by atoms with Gasteiger partial charge >= 0.3 is 59.9 Å². The molecule has 4 amide bonds. The fraction of sp³-hybridized carbons (Fsp3) is 0.477. The van der Waals surface area contributed by atoms with Crippen molar-refractivity contribution >= 4 is 114 Å². The van der Waals surface area contributed by atoms with Gasteiger partial charge < -0.3 is 68.8 Å². The number of carbonyl (C=O) groups excluding carboxylic acids is 4. The van der Waals surface area contributed by atoms with Gasteiger partial charge in [0.2, 0.25) is 0 Å². The molecule has 0 saturated carbocycles. The van der Waals surface area contributed by atoms with Crippen LogP contribution in [0.3, 0.4) is 0 Å². The van der Waals surface area contributed by atoms with Crippen LogP contribution in [0.4, 0.5) is 36.3 Å². The zero-order chi connectivity index (χ0) is 86.3. The Morgan fingerprint density at radius 1 is 0.458 bits per heavy atom. The van der Waals surface area contributed by atoms with Gasteiger partial charge in [0.15, 0.2) is 0 Å². The molecule has 9 aliphatic rings. The van der Waals surface area contributed by atoms with E-state index in [4.69, 9.17) is 101 Å². The van der Waals surface area contributed by atoms with Gasteiger partial charge in [-0.25, -0.2) is 23.2 Å². The first kappa shape index (κ1) is 97.6. The van der Waals surface area contributed by atoms with E-state index in [2.05, 4.69) is 36.8 Å². The minimum atomic E-state index is -4.83. The Morgan fingerprint density at radius 2 is 0.825 bits per heavy atom. The number of benzene rings is 7. The fourth-order valence-electron chi connectivity index (χ4n) is 14.5. The first-order valence-electron chi connectivity index (χ1n) is 39.3. The molecule has 0 aliphatic carbocycles. The molecule has 0 bridgehead atoms. The van der Waals surface area contributed by atoms with Gasteiger partial charge in [-0.1, -0.05) is 126 Å². The van der Waals surface area contributed by atoms with E-state index in [-0.39, 0.29) is 111 Å². The number of nitrogens with zero attached hydrogens (tertiary/aromatic N) is 5. The summed E-state index contributed by atoms with van der Waals surface area (Å²) in [6, 6.07) is 45.4. The van der Waals surface area contributed by atoms with Crippen LogP contribution >= 0.6 is 89.9 Å². The minimum absolute atomic E-state index is 0. The van der Waals surface area contributed by atoms with E-state index in [1.54, 1.807) is 60.9 Å². The molecule has 0 aromatic heterocycles. The standard InChI is InChI=1S/C19H20ClNO2.C16H21ClFNO3.C16H20ClNO3.C13H11ClF3NO2.C9H15NO3.C8H9BrO.C7H5BrClF.Na.H/c20-16-6-7-18-14(11-16)10-15-12-21(13-19(15)23-18)8-9-22-17-4-2-1-3-5-17;1-16(2,3)22-15(21)19-8-11(14(20)9-19)6-10-7-12(17)4-5-13(10)18;1-16(2,3)21-15(19)18-8-11-6-10-7-12(17)4-5-13(10)20-14(11)9-18;14-9-1-2-10-7(4-9)3-8-5-18(6-11(8)20-10)12(19)13(15,16)17;1-9(2,3)13-8(11)10-4-6-7(5-10)12-6;9-6-7-10-8-4-2-1-3-5-8;8-4-5-3-6(9)1-2-7(5)10;;/h1-7,11,15,19H,8-10,12-13H2;4-5,7,11,14,20H,6,8-9H2,1-3H3;4-5,7,11,14H,6,8-9H2,1-3H3;1-2,4,8,11H,3,5-6H2;6-7H,4-5H2,1-3H3;1-5H,6-7H2;1-3H,4H2;;/q;;;;;;;+1;-1/t15-,19-;2*11-,14-;8-,11-;;;;;/m1111...../s1. The summed E-state index contributed by atoms with van der Waals surface area (Å²) in [5.41, 5.74) is 2.82. The predicted molar refractivity (Wildman–Crippen MR) is 458 cm³/mol. The molecule has 0 spiro atoms. The smallest absolute Gasteiger partial charge is 1.00 e. The number of rotatable bonds is 10. The van der Waals surface area contributed by atoms with Crippen LogP contribution in [-0.2, 0) is 54.8 Å². The summed E-state index contributed by atoms with van der Waals surface area (Å²) in [5, 5.41) is 14.6. The molecule has 1 N–H and O–H groups in total. The van der Waals surface area contributed by atoms with Gasteiger partial charge in [0.05, 0.1) is 45.4 Å². The average molecular weight is 1910 g/mol. The minimum Gasteiger partial charge on any atom is -1.00 e. The van der Waals surface area contributed by atoms with E-state index in [1.165, 1.54) is 34.7 Å². The molecule has 19 nitrogen and oxygen atoms in total. The Morgan fingerprint density at radius 3 is 1.25 bits per heavy atom. The molecule has 648 valence electrons. The van der Waals surface area contributed by atoms with Gasteiger partial charge in [0, 0.05) is 98.7 Å². The molecule has 6 fully saturated rings. The number of β-amino-alcohol motifs (C(OH)–C–C–N with tert-alkyl or cyclic N) is 1. The Hall–Kier alpha value is -6.24. The largest absolute Gasteiger partial charge is 1.00 e. The number of epoxide rings is 1. The maximum atomic E-state index is 13.8. The van der Waals surface area contributed by atoms with Gasteiger partial charge in [0.1, 0.15) is 94.3 Å². The number of likely N-dealkylation sites (tertiary alicyclic amines) is 5. The number of alkyl halides is 5. The number of amides is 4. The van der Waals surface area contributed by atoms with Gasteiger partial charge in [-0.05, 0) is 231 Å². The second kappa shape index (κ2) is 44.1. The third kappa shape index (κ3) is 30.0. The number of morpholine rings is 1. The first-order chi connectivity index (χ1) is 56.2. The summed E-state index contributed by atoms with van der Waals surface area (Å²) < 4.78 is 114. The van der Waals surface area contributed by atoms with Crippen molar-refractivity contribution in [3.8, 4) is 28.7 Å². The number of para-hydroxylation sites is 2. The monoisotopic (exact) mass is 1900 g/mol. The van der Waals surface area contributed by atoms with E-state index in [0.29, 0.717) is 107 Å². The molecule has 0 radical (unpaired) electrons. The number of hydrogen-bond acceptors (Lipinski definition) is 15. The second-order valence-electron chi connectivity index (χ2n) is 33.1. The van der Waals surface area contributed by atoms with Crippen LogP contribution in [0.2, 0.25) is 25.1 Å². The molecular weight excluding hydrogens is 1810 g/mol. The molecule has 10 atom stereocenters. The maximum Gasteiger partial charge on any atom is 1.00 e. The van der Waals surface area contributed by atoms with Crippen LogP contribution in [0.1, 0.15) is 91.6 Å². The van der Waals surface area contributed by atoms with Crippen LogP contribution < -0.4 is 53.2 Å². The topological polar surface area (TPSA) is 191 Å². The summed E-state index contributed by atoms with van der Waals surface area (Å²) in [6.07, 6.45) is -3.10. The molecule has 16 rings (SSSR count). The van der Waals surface area contributed by atoms with Crippen LogP contribution in [0.5, 0.6) is 28.7 Å². The van der Waals surface area contributed by atoms with E-state index in [0.717, 1.165) is 93.5 Å². The number of fused-ring (bicyclic) bond motifs is 7. The molecule has 9 aliphatic heterocycles. The number of halogens is 12. The zero-order valence-corrected chi connectivity index (χ0v) is 77.6. The molecule has 7 aromatic rings. The number of hydrogen-bond donors (Lipinski definition) is 1. The van der Waals surface area contributed by atoms with Crippen LogP contribution in [0.15, 0.2) is 152 Å². The van der Waals surface area contributed by atoms with Gasteiger partial charge in [-0.15, -0.1) is 0 Å².